The van der Waals surface area contributed by atoms with Gasteiger partial charge in [0, 0.05) is 0 Å². The van der Waals surface area contributed by atoms with Crippen LogP contribution in [0.15, 0.2) is 42.5 Å². The summed E-state index contributed by atoms with van der Waals surface area (Å²) in [6.45, 7) is -0.874. The summed E-state index contributed by atoms with van der Waals surface area (Å²) >= 11 is 0. The number of halogens is 3. The maximum Gasteiger partial charge on any atom is 0.405 e. The average molecular weight is 463 g/mol. The highest BCUT2D eigenvalue weighted by Crippen LogP contribution is 2.31. The highest BCUT2D eigenvalue weighted by atomic mass is 19.4. The fourth-order valence-corrected chi connectivity index (χ4v) is 3.00. The van der Waals surface area contributed by atoms with E-state index in [1.807, 2.05) is 0 Å². The van der Waals surface area contributed by atoms with Crippen LogP contribution in [0.25, 0.3) is 0 Å². The van der Waals surface area contributed by atoms with Crippen molar-refractivity contribution in [3.05, 3.63) is 64.7 Å². The van der Waals surface area contributed by atoms with Gasteiger partial charge in [-0.15, -0.1) is 0 Å². The number of carbonyl (C=O) groups excluding carboxylic acids is 5. The molecule has 0 radical (unpaired) electrons. The molecule has 5 amide bonds. The summed E-state index contributed by atoms with van der Waals surface area (Å²) in [7, 11) is 0. The number of para-hydroxylation sites is 1. The van der Waals surface area contributed by atoms with Crippen LogP contribution in [0.2, 0.25) is 0 Å². The van der Waals surface area contributed by atoms with Crippen LogP contribution in [-0.2, 0) is 9.53 Å². The Labute approximate surface area is 184 Å². The van der Waals surface area contributed by atoms with Gasteiger partial charge in [0.15, 0.2) is 6.61 Å². The van der Waals surface area contributed by atoms with Crippen LogP contribution in [0.5, 0.6) is 0 Å². The highest BCUT2D eigenvalue weighted by Gasteiger charge is 2.37. The summed E-state index contributed by atoms with van der Waals surface area (Å²) in [5, 5.41) is 2.99. The number of benzene rings is 2. The van der Waals surface area contributed by atoms with Crippen LogP contribution in [0.1, 0.15) is 36.6 Å². The van der Waals surface area contributed by atoms with Gasteiger partial charge in [-0.25, -0.2) is 14.5 Å². The number of anilines is 1. The normalized spacial score (nSPS) is 12.9. The van der Waals surface area contributed by atoms with Gasteiger partial charge in [0.25, 0.3) is 17.7 Å². The first-order valence-electron chi connectivity index (χ1n) is 9.38. The first-order valence-corrected chi connectivity index (χ1v) is 9.38. The molecule has 0 saturated carbocycles. The third-order valence-electron chi connectivity index (χ3n) is 4.52. The number of imide groups is 2. The lowest BCUT2D eigenvalue weighted by molar-refractivity contribution is -0.125. The van der Waals surface area contributed by atoms with Crippen molar-refractivity contribution in [3.8, 4) is 0 Å². The molecule has 1 aliphatic heterocycles. The van der Waals surface area contributed by atoms with E-state index >= 15 is 0 Å². The second-order valence-electron chi connectivity index (χ2n) is 6.91. The van der Waals surface area contributed by atoms with E-state index in [0.717, 1.165) is 11.0 Å². The number of hydrogen-bond donors (Lipinski definition) is 2. The molecule has 0 bridgehead atoms. The van der Waals surface area contributed by atoms with Crippen LogP contribution >= 0.6 is 0 Å². The Kier molecular flexibility index (Phi) is 6.47. The number of nitrogens with zero attached hydrogens (tertiary/aromatic N) is 1. The molecule has 0 unspecified atom stereocenters. The Morgan fingerprint density at radius 3 is 2.33 bits per heavy atom. The summed E-state index contributed by atoms with van der Waals surface area (Å²) in [5.41, 5.74) is 0.994. The zero-order chi connectivity index (χ0) is 24.3. The third kappa shape index (κ3) is 5.34. The van der Waals surface area contributed by atoms with E-state index in [9.17, 15) is 37.1 Å². The number of nitrogens with one attached hydrogen (secondary N) is 2. The SMILES string of the molecule is Cc1ccccc1N1C(=O)c2ccc(C(=O)OCC(=O)NC(=O)NCC(F)(F)F)cc2C1=O. The zero-order valence-electron chi connectivity index (χ0n) is 17.0. The molecule has 3 rings (SSSR count). The van der Waals surface area contributed by atoms with Crippen LogP contribution in [0, 0.1) is 6.92 Å². The van der Waals surface area contributed by atoms with Crippen LogP contribution < -0.4 is 15.5 Å². The molecule has 33 heavy (non-hydrogen) atoms. The summed E-state index contributed by atoms with van der Waals surface area (Å²) in [6, 6.07) is 8.99. The molecule has 0 fully saturated rings. The topological polar surface area (TPSA) is 122 Å². The first-order chi connectivity index (χ1) is 15.5. The van der Waals surface area contributed by atoms with Crippen molar-refractivity contribution in [2.75, 3.05) is 18.1 Å². The van der Waals surface area contributed by atoms with Gasteiger partial charge in [-0.05, 0) is 36.8 Å². The number of fused-ring (bicyclic) bond motifs is 1. The molecule has 0 atom stereocenters. The van der Waals surface area contributed by atoms with Gasteiger partial charge >= 0.3 is 18.2 Å². The number of aryl methyl sites for hydroxylation is 1. The van der Waals surface area contributed by atoms with Crippen LogP contribution in [0.4, 0.5) is 23.7 Å². The summed E-state index contributed by atoms with van der Waals surface area (Å²) in [6.07, 6.45) is -4.66. The maximum absolute atomic E-state index is 12.8. The van der Waals surface area contributed by atoms with Gasteiger partial charge in [-0.1, -0.05) is 18.2 Å². The summed E-state index contributed by atoms with van der Waals surface area (Å²) in [5.74, 6) is -3.41. The number of ether oxygens (including phenoxy) is 1. The lowest BCUT2D eigenvalue weighted by atomic mass is 10.1. The largest absolute Gasteiger partial charge is 0.452 e. The molecule has 9 nitrogen and oxygen atoms in total. The van der Waals surface area contributed by atoms with Crippen molar-refractivity contribution in [3.63, 3.8) is 0 Å². The average Bonchev–Trinajstić information content (AvgIpc) is 3.00. The molecule has 0 spiro atoms. The molecule has 12 heteroatoms. The standard InChI is InChI=1S/C21H16F3N3O6/c1-11-4-2-3-5-15(11)27-17(29)13-7-6-12(8-14(13)18(27)30)19(31)33-9-16(28)26-20(32)25-10-21(22,23)24/h2-8H,9-10H2,1H3,(H2,25,26,28,32). The molecule has 172 valence electrons. The van der Waals surface area contributed by atoms with Crippen molar-refractivity contribution in [2.45, 2.75) is 13.1 Å². The lowest BCUT2D eigenvalue weighted by Gasteiger charge is -2.16. The second-order valence-corrected chi connectivity index (χ2v) is 6.91. The van der Waals surface area contributed by atoms with Crippen molar-refractivity contribution in [1.82, 2.24) is 10.6 Å². The number of amides is 5. The molecule has 2 aromatic rings. The number of hydrogen-bond acceptors (Lipinski definition) is 6. The summed E-state index contributed by atoms with van der Waals surface area (Å²) < 4.78 is 40.8. The molecule has 1 heterocycles. The number of alkyl halides is 3. The number of rotatable bonds is 5. The predicted molar refractivity (Wildman–Crippen MR) is 107 cm³/mol. The number of esters is 1. The molecular formula is C21H16F3N3O6. The first kappa shape index (κ1) is 23.4. The van der Waals surface area contributed by atoms with Crippen LogP contribution in [0.3, 0.4) is 0 Å². The van der Waals surface area contributed by atoms with Crippen molar-refractivity contribution >= 4 is 35.4 Å². The van der Waals surface area contributed by atoms with E-state index in [-0.39, 0.29) is 16.7 Å². The molecule has 2 N–H and O–H groups in total. The molecule has 2 aromatic carbocycles. The molecule has 0 aromatic heterocycles. The highest BCUT2D eigenvalue weighted by molar-refractivity contribution is 6.34. The van der Waals surface area contributed by atoms with Crippen molar-refractivity contribution < 1.29 is 41.9 Å². The number of urea groups is 1. The Morgan fingerprint density at radius 2 is 1.67 bits per heavy atom. The van der Waals surface area contributed by atoms with Gasteiger partial charge in [0.05, 0.1) is 22.4 Å². The minimum Gasteiger partial charge on any atom is -0.452 e. The Balaban J connectivity index is 1.64. The Bertz CT molecular complexity index is 1160. The molecule has 0 saturated heterocycles. The summed E-state index contributed by atoms with van der Waals surface area (Å²) in [4.78, 5) is 61.5. The fraction of sp³-hybridized carbons (Fsp3) is 0.190. The monoisotopic (exact) mass is 463 g/mol. The van der Waals surface area contributed by atoms with E-state index in [2.05, 4.69) is 0 Å². The van der Waals surface area contributed by atoms with Crippen LogP contribution in [-0.4, -0.2) is 49.0 Å². The van der Waals surface area contributed by atoms with E-state index in [1.54, 1.807) is 36.5 Å². The van der Waals surface area contributed by atoms with Gasteiger partial charge in [0.2, 0.25) is 0 Å². The number of carbonyl (C=O) groups is 5. The molecule has 0 aliphatic carbocycles. The minimum absolute atomic E-state index is 0.0336. The van der Waals surface area contributed by atoms with Crippen molar-refractivity contribution in [1.29, 1.82) is 0 Å². The second kappa shape index (κ2) is 9.10. The van der Waals surface area contributed by atoms with Gasteiger partial charge in [-0.3, -0.25) is 19.7 Å². The van der Waals surface area contributed by atoms with Gasteiger partial charge < -0.3 is 10.1 Å². The molecular weight excluding hydrogens is 447 g/mol. The zero-order valence-corrected chi connectivity index (χ0v) is 17.0. The van der Waals surface area contributed by atoms with E-state index < -0.39 is 49.0 Å². The van der Waals surface area contributed by atoms with E-state index in [0.29, 0.717) is 11.3 Å². The molecule has 1 aliphatic rings. The van der Waals surface area contributed by atoms with E-state index in [4.69, 9.17) is 4.74 Å². The van der Waals surface area contributed by atoms with E-state index in [1.165, 1.54) is 17.4 Å². The smallest absolute Gasteiger partial charge is 0.405 e. The van der Waals surface area contributed by atoms with Gasteiger partial charge in [-0.2, -0.15) is 13.2 Å². The quantitative estimate of drug-likeness (QED) is 0.519. The van der Waals surface area contributed by atoms with Gasteiger partial charge in [0.1, 0.15) is 6.54 Å². The maximum atomic E-state index is 12.8. The Hall–Kier alpha value is -4.22. The fourth-order valence-electron chi connectivity index (χ4n) is 3.00. The lowest BCUT2D eigenvalue weighted by Crippen LogP contribution is -2.44. The van der Waals surface area contributed by atoms with Crippen molar-refractivity contribution in [2.24, 2.45) is 0 Å². The Morgan fingerprint density at radius 1 is 1.00 bits per heavy atom. The third-order valence-corrected chi connectivity index (χ3v) is 4.52. The predicted octanol–water partition coefficient (Wildman–Crippen LogP) is 2.34. The minimum atomic E-state index is -4.66.